The zero-order chi connectivity index (χ0) is 21.6. The van der Waals surface area contributed by atoms with E-state index in [-0.39, 0.29) is 5.91 Å². The minimum atomic E-state index is 0.133. The van der Waals surface area contributed by atoms with Gasteiger partial charge in [-0.05, 0) is 62.4 Å². The van der Waals surface area contributed by atoms with E-state index in [0.29, 0.717) is 5.92 Å². The number of aromatic amines is 1. The van der Waals surface area contributed by atoms with Gasteiger partial charge < -0.3 is 4.90 Å². The Morgan fingerprint density at radius 1 is 1.13 bits per heavy atom. The summed E-state index contributed by atoms with van der Waals surface area (Å²) in [6, 6.07) is 18.6. The molecule has 1 saturated heterocycles. The van der Waals surface area contributed by atoms with Gasteiger partial charge in [0.25, 0.3) is 5.91 Å². The van der Waals surface area contributed by atoms with Crippen molar-refractivity contribution in [1.82, 2.24) is 20.0 Å². The van der Waals surface area contributed by atoms with Gasteiger partial charge in [0.1, 0.15) is 0 Å². The van der Waals surface area contributed by atoms with Gasteiger partial charge in [0.2, 0.25) is 0 Å². The van der Waals surface area contributed by atoms with E-state index in [1.54, 1.807) is 0 Å². The fraction of sp³-hybridized carbons (Fsp3) is 0.385. The molecule has 1 N–H and O–H groups in total. The molecule has 0 spiro atoms. The number of benzene rings is 2. The average molecular weight is 417 g/mol. The summed E-state index contributed by atoms with van der Waals surface area (Å²) < 4.78 is 0. The third-order valence-electron chi connectivity index (χ3n) is 6.29. The van der Waals surface area contributed by atoms with Crippen LogP contribution in [0.2, 0.25) is 0 Å². The van der Waals surface area contributed by atoms with Crippen molar-refractivity contribution in [2.24, 2.45) is 5.92 Å². The van der Waals surface area contributed by atoms with Crippen LogP contribution in [-0.2, 0) is 13.0 Å². The zero-order valence-electron chi connectivity index (χ0n) is 18.6. The maximum Gasteiger partial charge on any atom is 0.253 e. The topological polar surface area (TPSA) is 52.2 Å². The molecule has 1 aliphatic heterocycles. The fourth-order valence-corrected chi connectivity index (χ4v) is 4.61. The SMILES string of the molecule is CCN(CC)C(=O)c1cccc(CC2CCN(Cc3cn[nH]c3-c3ccccc3)C2)c1. The van der Waals surface area contributed by atoms with Gasteiger partial charge >= 0.3 is 0 Å². The van der Waals surface area contributed by atoms with Crippen molar-refractivity contribution in [1.29, 1.82) is 0 Å². The first kappa shape index (κ1) is 21.3. The second kappa shape index (κ2) is 9.92. The van der Waals surface area contributed by atoms with E-state index < -0.39 is 0 Å². The highest BCUT2D eigenvalue weighted by molar-refractivity contribution is 5.94. The second-order valence-corrected chi connectivity index (χ2v) is 8.41. The minimum absolute atomic E-state index is 0.133. The van der Waals surface area contributed by atoms with E-state index >= 15 is 0 Å². The largest absolute Gasteiger partial charge is 0.339 e. The Morgan fingerprint density at radius 3 is 2.71 bits per heavy atom. The Balaban J connectivity index is 1.37. The van der Waals surface area contributed by atoms with Gasteiger partial charge in [0.15, 0.2) is 0 Å². The maximum absolute atomic E-state index is 12.7. The molecule has 1 atom stereocenters. The number of amides is 1. The molecule has 0 aliphatic carbocycles. The van der Waals surface area contributed by atoms with Crippen LogP contribution in [0, 0.1) is 5.92 Å². The van der Waals surface area contributed by atoms with Crippen molar-refractivity contribution >= 4 is 5.91 Å². The van der Waals surface area contributed by atoms with E-state index in [1.165, 1.54) is 23.1 Å². The molecule has 5 nitrogen and oxygen atoms in total. The first-order valence-corrected chi connectivity index (χ1v) is 11.4. The van der Waals surface area contributed by atoms with E-state index in [1.807, 2.05) is 43.1 Å². The molecule has 1 aromatic heterocycles. The number of hydrogen-bond acceptors (Lipinski definition) is 3. The Hall–Kier alpha value is -2.92. The van der Waals surface area contributed by atoms with Crippen molar-refractivity contribution in [2.75, 3.05) is 26.2 Å². The molecule has 0 saturated carbocycles. The van der Waals surface area contributed by atoms with Crippen LogP contribution in [0.15, 0.2) is 60.8 Å². The Bertz CT molecular complexity index is 993. The number of rotatable bonds is 8. The van der Waals surface area contributed by atoms with Crippen LogP contribution in [0.1, 0.15) is 41.8 Å². The summed E-state index contributed by atoms with van der Waals surface area (Å²) in [4.78, 5) is 17.1. The Kier molecular flexibility index (Phi) is 6.82. The first-order valence-electron chi connectivity index (χ1n) is 11.4. The molecule has 2 aromatic carbocycles. The lowest BCUT2D eigenvalue weighted by atomic mass is 9.97. The van der Waals surface area contributed by atoms with Gasteiger partial charge in [-0.3, -0.25) is 14.8 Å². The van der Waals surface area contributed by atoms with Crippen LogP contribution >= 0.6 is 0 Å². The highest BCUT2D eigenvalue weighted by Gasteiger charge is 2.24. The third-order valence-corrected chi connectivity index (χ3v) is 6.29. The van der Waals surface area contributed by atoms with E-state index in [4.69, 9.17) is 0 Å². The molecular formula is C26H32N4O. The molecule has 1 fully saturated rings. The highest BCUT2D eigenvalue weighted by Crippen LogP contribution is 2.26. The molecule has 162 valence electrons. The van der Waals surface area contributed by atoms with Crippen LogP contribution < -0.4 is 0 Å². The van der Waals surface area contributed by atoms with E-state index in [9.17, 15) is 4.79 Å². The van der Waals surface area contributed by atoms with Gasteiger partial charge in [-0.15, -0.1) is 0 Å². The Labute approximate surface area is 185 Å². The average Bonchev–Trinajstić information content (AvgIpc) is 3.45. The zero-order valence-corrected chi connectivity index (χ0v) is 18.6. The molecule has 0 bridgehead atoms. The molecule has 1 amide bonds. The molecule has 1 unspecified atom stereocenters. The molecule has 4 rings (SSSR count). The number of H-pyrrole nitrogens is 1. The lowest BCUT2D eigenvalue weighted by Crippen LogP contribution is -2.30. The lowest BCUT2D eigenvalue weighted by molar-refractivity contribution is 0.0773. The number of hydrogen-bond donors (Lipinski definition) is 1. The molecule has 1 aliphatic rings. The maximum atomic E-state index is 12.7. The molecule has 0 radical (unpaired) electrons. The van der Waals surface area contributed by atoms with Gasteiger partial charge in [-0.2, -0.15) is 5.10 Å². The summed E-state index contributed by atoms with van der Waals surface area (Å²) >= 11 is 0. The Morgan fingerprint density at radius 2 is 1.94 bits per heavy atom. The predicted molar refractivity (Wildman–Crippen MR) is 125 cm³/mol. The molecule has 3 aromatic rings. The van der Waals surface area contributed by atoms with Crippen LogP contribution in [-0.4, -0.2) is 52.1 Å². The van der Waals surface area contributed by atoms with Crippen molar-refractivity contribution in [2.45, 2.75) is 33.2 Å². The second-order valence-electron chi connectivity index (χ2n) is 8.41. The van der Waals surface area contributed by atoms with Gasteiger partial charge in [-0.25, -0.2) is 0 Å². The van der Waals surface area contributed by atoms with Crippen LogP contribution in [0.25, 0.3) is 11.3 Å². The van der Waals surface area contributed by atoms with Crippen LogP contribution in [0.5, 0.6) is 0 Å². The molecule has 31 heavy (non-hydrogen) atoms. The van der Waals surface area contributed by atoms with Crippen molar-refractivity contribution < 1.29 is 4.79 Å². The van der Waals surface area contributed by atoms with Crippen molar-refractivity contribution in [3.63, 3.8) is 0 Å². The van der Waals surface area contributed by atoms with Gasteiger partial charge in [-0.1, -0.05) is 42.5 Å². The molecule has 5 heteroatoms. The number of carbonyl (C=O) groups is 1. The standard InChI is InChI=1S/C26H32N4O/c1-3-30(4-2)26(31)23-12-8-9-20(16-23)15-21-13-14-29(18-21)19-24-17-27-28-25(24)22-10-6-5-7-11-22/h5-12,16-17,21H,3-4,13-15,18-19H2,1-2H3,(H,27,28). The number of carbonyl (C=O) groups excluding carboxylic acids is 1. The van der Waals surface area contributed by atoms with Crippen molar-refractivity contribution in [3.05, 3.63) is 77.5 Å². The summed E-state index contributed by atoms with van der Waals surface area (Å²) in [5.41, 5.74) is 5.62. The summed E-state index contributed by atoms with van der Waals surface area (Å²) in [5, 5.41) is 7.46. The first-order chi connectivity index (χ1) is 15.2. The van der Waals surface area contributed by atoms with Crippen LogP contribution in [0.3, 0.4) is 0 Å². The normalized spacial score (nSPS) is 16.5. The van der Waals surface area contributed by atoms with E-state index in [2.05, 4.69) is 51.5 Å². The quantitative estimate of drug-likeness (QED) is 0.583. The number of aromatic nitrogens is 2. The summed E-state index contributed by atoms with van der Waals surface area (Å²) in [6.07, 6.45) is 4.16. The van der Waals surface area contributed by atoms with E-state index in [0.717, 1.165) is 50.4 Å². The number of likely N-dealkylation sites (tertiary alicyclic amines) is 1. The van der Waals surface area contributed by atoms with Crippen molar-refractivity contribution in [3.8, 4) is 11.3 Å². The van der Waals surface area contributed by atoms with Gasteiger partial charge in [0.05, 0.1) is 11.9 Å². The number of nitrogens with zero attached hydrogens (tertiary/aromatic N) is 3. The van der Waals surface area contributed by atoms with Gasteiger partial charge in [0, 0.05) is 37.3 Å². The smallest absolute Gasteiger partial charge is 0.253 e. The monoisotopic (exact) mass is 416 g/mol. The number of nitrogens with one attached hydrogen (secondary N) is 1. The summed E-state index contributed by atoms with van der Waals surface area (Å²) in [7, 11) is 0. The predicted octanol–water partition coefficient (Wildman–Crippen LogP) is 4.62. The van der Waals surface area contributed by atoms with Crippen LogP contribution in [0.4, 0.5) is 0 Å². The minimum Gasteiger partial charge on any atom is -0.339 e. The lowest BCUT2D eigenvalue weighted by Gasteiger charge is -2.19. The highest BCUT2D eigenvalue weighted by atomic mass is 16.2. The summed E-state index contributed by atoms with van der Waals surface area (Å²) in [5.74, 6) is 0.749. The molecular weight excluding hydrogens is 384 g/mol. The third kappa shape index (κ3) is 5.05. The molecule has 2 heterocycles. The fourth-order valence-electron chi connectivity index (χ4n) is 4.61. The summed E-state index contributed by atoms with van der Waals surface area (Å²) in [6.45, 7) is 8.64.